The van der Waals surface area contributed by atoms with E-state index in [9.17, 15) is 9.59 Å². The summed E-state index contributed by atoms with van der Waals surface area (Å²) in [7, 11) is 0. The quantitative estimate of drug-likeness (QED) is 0.661. The zero-order chi connectivity index (χ0) is 12.4. The zero-order valence-electron chi connectivity index (χ0n) is 10.1. The largest absolute Gasteiger partial charge is 0.481 e. The summed E-state index contributed by atoms with van der Waals surface area (Å²) < 4.78 is 0. The van der Waals surface area contributed by atoms with E-state index in [0.29, 0.717) is 6.54 Å². The lowest BCUT2D eigenvalue weighted by molar-refractivity contribution is -0.146. The second-order valence-corrected chi connectivity index (χ2v) is 5.54. The topological polar surface area (TPSA) is 78.4 Å². The predicted octanol–water partition coefficient (Wildman–Crippen LogP) is 1.20. The fourth-order valence-corrected chi connectivity index (χ4v) is 1.12. The van der Waals surface area contributed by atoms with E-state index >= 15 is 0 Å². The number of carbonyl (C=O) groups excluding carboxylic acids is 1. The molecule has 0 unspecified atom stereocenters. The highest BCUT2D eigenvalue weighted by molar-refractivity contribution is 5.77. The summed E-state index contributed by atoms with van der Waals surface area (Å²) in [5.41, 5.74) is -0.666. The van der Waals surface area contributed by atoms with Gasteiger partial charge in [0.15, 0.2) is 0 Å². The van der Waals surface area contributed by atoms with Crippen molar-refractivity contribution in [3.8, 4) is 0 Å². The highest BCUT2D eigenvalue weighted by Crippen LogP contribution is 2.43. The smallest absolute Gasteiger partial charge is 0.314 e. The molecule has 5 heteroatoms. The number of hydrogen-bond donors (Lipinski definition) is 3. The fourth-order valence-electron chi connectivity index (χ4n) is 1.12. The van der Waals surface area contributed by atoms with E-state index in [1.54, 1.807) is 13.8 Å². The first-order valence-electron chi connectivity index (χ1n) is 5.50. The molecule has 0 atom stereocenters. The van der Waals surface area contributed by atoms with Gasteiger partial charge in [0, 0.05) is 13.1 Å². The third kappa shape index (κ3) is 3.72. The minimum absolute atomic E-state index is 0.130. The van der Waals surface area contributed by atoms with Crippen LogP contribution in [0, 0.1) is 10.8 Å². The lowest BCUT2D eigenvalue weighted by Gasteiger charge is -2.20. The molecule has 0 aromatic heterocycles. The van der Waals surface area contributed by atoms with Gasteiger partial charge in [-0.05, 0) is 32.1 Å². The number of carbonyl (C=O) groups is 2. The van der Waals surface area contributed by atoms with Gasteiger partial charge in [0.1, 0.15) is 0 Å². The Bertz CT molecular complexity index is 296. The molecule has 1 rings (SSSR count). The van der Waals surface area contributed by atoms with E-state index in [2.05, 4.69) is 17.6 Å². The molecule has 2 amide bonds. The van der Waals surface area contributed by atoms with Gasteiger partial charge >= 0.3 is 12.0 Å². The van der Waals surface area contributed by atoms with Gasteiger partial charge < -0.3 is 15.7 Å². The van der Waals surface area contributed by atoms with E-state index in [4.69, 9.17) is 5.11 Å². The summed E-state index contributed by atoms with van der Waals surface area (Å²) in [6, 6.07) is -0.289. The Morgan fingerprint density at radius 2 is 1.88 bits per heavy atom. The van der Waals surface area contributed by atoms with Crippen molar-refractivity contribution < 1.29 is 14.7 Å². The van der Waals surface area contributed by atoms with Gasteiger partial charge in [0.05, 0.1) is 5.41 Å². The number of urea groups is 1. The van der Waals surface area contributed by atoms with Gasteiger partial charge in [-0.1, -0.05) is 6.92 Å². The van der Waals surface area contributed by atoms with Crippen molar-refractivity contribution in [3.05, 3.63) is 0 Å². The number of carboxylic acids is 1. The monoisotopic (exact) mass is 228 g/mol. The van der Waals surface area contributed by atoms with Crippen molar-refractivity contribution in [1.29, 1.82) is 0 Å². The van der Waals surface area contributed by atoms with E-state index < -0.39 is 11.4 Å². The minimum Gasteiger partial charge on any atom is -0.481 e. The van der Waals surface area contributed by atoms with Crippen LogP contribution >= 0.6 is 0 Å². The fraction of sp³-hybridized carbons (Fsp3) is 0.818. The highest BCUT2D eigenvalue weighted by atomic mass is 16.4. The Morgan fingerprint density at radius 1 is 1.31 bits per heavy atom. The van der Waals surface area contributed by atoms with Gasteiger partial charge in [-0.25, -0.2) is 4.79 Å². The van der Waals surface area contributed by atoms with Gasteiger partial charge in [-0.2, -0.15) is 0 Å². The standard InChI is InChI=1S/C11H20N2O3/c1-10(2,8(14)15)6-12-9(16)13-7-11(3)4-5-11/h4-7H2,1-3H3,(H,14,15)(H2,12,13,16). The molecule has 1 saturated carbocycles. The molecule has 0 aromatic rings. The van der Waals surface area contributed by atoms with Crippen LogP contribution in [0.2, 0.25) is 0 Å². The first-order chi connectivity index (χ1) is 7.25. The first kappa shape index (κ1) is 12.8. The third-order valence-electron chi connectivity index (χ3n) is 3.05. The minimum atomic E-state index is -0.930. The molecule has 0 bridgehead atoms. The van der Waals surface area contributed by atoms with Gasteiger partial charge in [-0.15, -0.1) is 0 Å². The molecule has 1 fully saturated rings. The summed E-state index contributed by atoms with van der Waals surface area (Å²) in [5, 5.41) is 14.2. The summed E-state index contributed by atoms with van der Waals surface area (Å²) in [5.74, 6) is -0.915. The van der Waals surface area contributed by atoms with Gasteiger partial charge in [0.2, 0.25) is 0 Å². The van der Waals surface area contributed by atoms with Crippen LogP contribution in [0.5, 0.6) is 0 Å². The van der Waals surface area contributed by atoms with Gasteiger partial charge in [0.25, 0.3) is 0 Å². The number of hydrogen-bond acceptors (Lipinski definition) is 2. The van der Waals surface area contributed by atoms with Crippen molar-refractivity contribution >= 4 is 12.0 Å². The molecule has 0 spiro atoms. The molecule has 0 aliphatic heterocycles. The van der Waals surface area contributed by atoms with E-state index in [1.807, 2.05) is 0 Å². The summed E-state index contributed by atoms with van der Waals surface area (Å²) in [4.78, 5) is 22.2. The molecule has 5 nitrogen and oxygen atoms in total. The van der Waals surface area contributed by atoms with Crippen LogP contribution in [0.15, 0.2) is 0 Å². The second-order valence-electron chi connectivity index (χ2n) is 5.54. The van der Waals surface area contributed by atoms with E-state index in [0.717, 1.165) is 12.8 Å². The Balaban J connectivity index is 2.22. The molecule has 0 saturated heterocycles. The molecule has 1 aliphatic carbocycles. The number of rotatable bonds is 5. The maximum atomic E-state index is 11.4. The van der Waals surface area contributed by atoms with Crippen molar-refractivity contribution in [1.82, 2.24) is 10.6 Å². The number of nitrogens with one attached hydrogen (secondary N) is 2. The summed E-state index contributed by atoms with van der Waals surface area (Å²) in [6.45, 7) is 6.07. The number of carboxylic acid groups (broad SMARTS) is 1. The van der Waals surface area contributed by atoms with Crippen LogP contribution in [-0.2, 0) is 4.79 Å². The Hall–Kier alpha value is -1.26. The van der Waals surface area contributed by atoms with Crippen LogP contribution in [0.25, 0.3) is 0 Å². The zero-order valence-corrected chi connectivity index (χ0v) is 10.1. The van der Waals surface area contributed by atoms with Crippen LogP contribution in [0.1, 0.15) is 33.6 Å². The maximum absolute atomic E-state index is 11.4. The molecule has 1 aliphatic rings. The molecule has 16 heavy (non-hydrogen) atoms. The normalized spacial score (nSPS) is 17.7. The molecular weight excluding hydrogens is 208 g/mol. The van der Waals surface area contributed by atoms with Crippen molar-refractivity contribution in [2.45, 2.75) is 33.6 Å². The van der Waals surface area contributed by atoms with E-state index in [-0.39, 0.29) is 18.0 Å². The molecule has 0 heterocycles. The molecule has 3 N–H and O–H groups in total. The average Bonchev–Trinajstić information content (AvgIpc) is 2.91. The summed E-state index contributed by atoms with van der Waals surface area (Å²) in [6.07, 6.45) is 2.29. The summed E-state index contributed by atoms with van der Waals surface area (Å²) >= 11 is 0. The SMILES string of the molecule is CC1(CNC(=O)NCC(C)(C)C(=O)O)CC1. The van der Waals surface area contributed by atoms with Crippen molar-refractivity contribution in [2.24, 2.45) is 10.8 Å². The lowest BCUT2D eigenvalue weighted by Crippen LogP contribution is -2.44. The van der Waals surface area contributed by atoms with E-state index in [1.165, 1.54) is 0 Å². The first-order valence-corrected chi connectivity index (χ1v) is 5.50. The highest BCUT2D eigenvalue weighted by Gasteiger charge is 2.37. The predicted molar refractivity (Wildman–Crippen MR) is 60.2 cm³/mol. The van der Waals surface area contributed by atoms with Crippen molar-refractivity contribution in [2.75, 3.05) is 13.1 Å². The van der Waals surface area contributed by atoms with Gasteiger partial charge in [-0.3, -0.25) is 4.79 Å². The van der Waals surface area contributed by atoms with Crippen LogP contribution in [0.4, 0.5) is 4.79 Å². The van der Waals surface area contributed by atoms with Crippen LogP contribution in [-0.4, -0.2) is 30.2 Å². The molecule has 0 aromatic carbocycles. The second kappa shape index (κ2) is 4.31. The molecule has 92 valence electrons. The Labute approximate surface area is 95.6 Å². The van der Waals surface area contributed by atoms with Crippen LogP contribution in [0.3, 0.4) is 0 Å². The Morgan fingerprint density at radius 3 is 2.31 bits per heavy atom. The lowest BCUT2D eigenvalue weighted by atomic mass is 9.94. The Kier molecular flexibility index (Phi) is 3.45. The number of aliphatic carboxylic acids is 1. The molecule has 0 radical (unpaired) electrons. The van der Waals surface area contributed by atoms with Crippen LogP contribution < -0.4 is 10.6 Å². The van der Waals surface area contributed by atoms with Crippen molar-refractivity contribution in [3.63, 3.8) is 0 Å². The third-order valence-corrected chi connectivity index (χ3v) is 3.05. The average molecular weight is 228 g/mol. The number of amides is 2. The molecular formula is C11H20N2O3. The maximum Gasteiger partial charge on any atom is 0.314 e.